The van der Waals surface area contributed by atoms with Gasteiger partial charge in [-0.15, -0.1) is 8.58 Å². The Balaban J connectivity index is 0. The van der Waals surface area contributed by atoms with E-state index < -0.39 is 0 Å². The number of carbonyl (C=O) groups excluding carboxylic acids is 1. The Hall–Kier alpha value is -0.100. The Morgan fingerprint density at radius 2 is 1.37 bits per heavy atom. The van der Waals surface area contributed by atoms with Gasteiger partial charge in [-0.1, -0.05) is 52.9 Å². The van der Waals surface area contributed by atoms with Gasteiger partial charge in [-0.2, -0.15) is 0 Å². The van der Waals surface area contributed by atoms with Crippen molar-refractivity contribution in [2.45, 2.75) is 78.6 Å². The van der Waals surface area contributed by atoms with Crippen molar-refractivity contribution in [2.75, 3.05) is 19.4 Å². The molecule has 0 aromatic rings. The molecule has 0 N–H and O–H groups in total. The van der Waals surface area contributed by atoms with E-state index in [0.29, 0.717) is 6.42 Å². The second kappa shape index (κ2) is 20.2. The van der Waals surface area contributed by atoms with Gasteiger partial charge in [0.25, 0.3) is 0 Å². The number of esters is 1. The fourth-order valence-electron chi connectivity index (χ4n) is 1.53. The molecule has 19 heavy (non-hydrogen) atoms. The number of unbranched alkanes of at least 4 members (excludes halogenated alkanes) is 5. The lowest BCUT2D eigenvalue weighted by atomic mass is 10.2. The number of carbonyl (C=O) groups is 1. The van der Waals surface area contributed by atoms with E-state index in [1.807, 2.05) is 0 Å². The Morgan fingerprint density at radius 3 is 1.79 bits per heavy atom. The Kier molecular flexibility index (Phi) is 22.6. The van der Waals surface area contributed by atoms with Crippen molar-refractivity contribution in [3.63, 3.8) is 0 Å². The van der Waals surface area contributed by atoms with Crippen molar-refractivity contribution in [1.82, 2.24) is 0 Å². The van der Waals surface area contributed by atoms with E-state index >= 15 is 0 Å². The molecule has 3 heteroatoms. The van der Waals surface area contributed by atoms with Crippen molar-refractivity contribution in [2.24, 2.45) is 0 Å². The van der Waals surface area contributed by atoms with Crippen molar-refractivity contribution >= 4 is 14.6 Å². The van der Waals surface area contributed by atoms with Crippen LogP contribution in [0.5, 0.6) is 0 Å². The summed E-state index contributed by atoms with van der Waals surface area (Å²) in [7, 11) is 2.68. The highest BCUT2D eigenvalue weighted by molar-refractivity contribution is 7.37. The summed E-state index contributed by atoms with van der Waals surface area (Å²) in [4.78, 5) is 10.6. The second-order valence-electron chi connectivity index (χ2n) is 4.84. The van der Waals surface area contributed by atoms with Crippen molar-refractivity contribution in [1.29, 1.82) is 0 Å². The summed E-state index contributed by atoms with van der Waals surface area (Å²) in [5, 5.41) is 0. The first kappa shape index (κ1) is 21.2. The predicted molar refractivity (Wildman–Crippen MR) is 88.6 cm³/mol. The molecule has 116 valence electrons. The summed E-state index contributed by atoms with van der Waals surface area (Å²) in [5.74, 6) is -0.0869. The fourth-order valence-corrected chi connectivity index (χ4v) is 2.98. The molecule has 0 radical (unpaired) electrons. The molecule has 0 unspecified atom stereocenters. The molecule has 0 fully saturated rings. The molecule has 2 nitrogen and oxygen atoms in total. The summed E-state index contributed by atoms with van der Waals surface area (Å²) in [6, 6.07) is 0. The van der Waals surface area contributed by atoms with E-state index in [0.717, 1.165) is 12.8 Å². The average molecular weight is 290 g/mol. The SMILES string of the molecule is CCCCCCC(=O)OC.CCCCPCCCC. The smallest absolute Gasteiger partial charge is 0.305 e. The van der Waals surface area contributed by atoms with Crippen LogP contribution in [-0.2, 0) is 9.53 Å². The predicted octanol–water partition coefficient (Wildman–Crippen LogP) is 5.39. The minimum atomic E-state index is -0.0869. The molecular formula is C16H35O2P. The Labute approximate surface area is 122 Å². The van der Waals surface area contributed by atoms with Gasteiger partial charge in [0.1, 0.15) is 0 Å². The van der Waals surface area contributed by atoms with Crippen molar-refractivity contribution in [3.05, 3.63) is 0 Å². The van der Waals surface area contributed by atoms with E-state index in [4.69, 9.17) is 0 Å². The summed E-state index contributed by atoms with van der Waals surface area (Å²) < 4.78 is 4.49. The van der Waals surface area contributed by atoms with E-state index in [2.05, 4.69) is 25.5 Å². The van der Waals surface area contributed by atoms with Gasteiger partial charge in [-0.05, 0) is 31.6 Å². The first-order valence-electron chi connectivity index (χ1n) is 8.00. The molecule has 0 atom stereocenters. The second-order valence-corrected chi connectivity index (χ2v) is 6.34. The maximum absolute atomic E-state index is 10.6. The van der Waals surface area contributed by atoms with Gasteiger partial charge in [0.2, 0.25) is 0 Å². The number of methoxy groups -OCH3 is 1. The summed E-state index contributed by atoms with van der Waals surface area (Å²) in [6.07, 6.45) is 13.7. The summed E-state index contributed by atoms with van der Waals surface area (Å²) >= 11 is 0. The molecule has 0 aliphatic rings. The van der Waals surface area contributed by atoms with Crippen LogP contribution in [0.1, 0.15) is 78.6 Å². The zero-order valence-electron chi connectivity index (χ0n) is 13.6. The molecule has 0 saturated heterocycles. The van der Waals surface area contributed by atoms with Crippen LogP contribution in [-0.4, -0.2) is 25.4 Å². The standard InChI is InChI=1S/C8H16O2.C8H19P/c1-3-4-5-6-7-8(9)10-2;1-3-5-7-9-8-6-4-2/h3-7H2,1-2H3;9H,3-8H2,1-2H3. The summed E-state index contributed by atoms with van der Waals surface area (Å²) in [6.45, 7) is 6.69. The highest BCUT2D eigenvalue weighted by Gasteiger charge is 1.97. The first-order chi connectivity index (χ1) is 9.22. The molecule has 0 rings (SSSR count). The van der Waals surface area contributed by atoms with Gasteiger partial charge < -0.3 is 4.74 Å². The van der Waals surface area contributed by atoms with Gasteiger partial charge in [-0.25, -0.2) is 0 Å². The first-order valence-corrected chi connectivity index (χ1v) is 9.41. The minimum Gasteiger partial charge on any atom is -0.469 e. The molecule has 0 aromatic heterocycles. The molecule has 0 aliphatic carbocycles. The number of hydrogen-bond donors (Lipinski definition) is 0. The zero-order valence-corrected chi connectivity index (χ0v) is 14.6. The molecule has 0 saturated carbocycles. The van der Waals surface area contributed by atoms with Crippen LogP contribution < -0.4 is 0 Å². The normalized spacial score (nSPS) is 9.68. The Bertz CT molecular complexity index is 166. The van der Waals surface area contributed by atoms with Crippen LogP contribution in [0.2, 0.25) is 0 Å². The minimum absolute atomic E-state index is 0.0869. The molecule has 0 heterocycles. The summed E-state index contributed by atoms with van der Waals surface area (Å²) in [5.41, 5.74) is 0. The highest BCUT2D eigenvalue weighted by atomic mass is 31.1. The Morgan fingerprint density at radius 1 is 0.842 bits per heavy atom. The maximum Gasteiger partial charge on any atom is 0.305 e. The lowest BCUT2D eigenvalue weighted by molar-refractivity contribution is -0.140. The quantitative estimate of drug-likeness (QED) is 0.289. The maximum atomic E-state index is 10.6. The zero-order chi connectivity index (χ0) is 14.8. The van der Waals surface area contributed by atoms with Crippen LogP contribution in [0, 0.1) is 0 Å². The number of ether oxygens (including phenoxy) is 1. The van der Waals surface area contributed by atoms with Crippen molar-refractivity contribution < 1.29 is 9.53 Å². The van der Waals surface area contributed by atoms with E-state index in [1.54, 1.807) is 0 Å². The lowest BCUT2D eigenvalue weighted by Gasteiger charge is -1.97. The van der Waals surface area contributed by atoms with E-state index in [-0.39, 0.29) is 5.97 Å². The van der Waals surface area contributed by atoms with Gasteiger partial charge in [-0.3, -0.25) is 4.79 Å². The van der Waals surface area contributed by atoms with E-state index in [1.165, 1.54) is 66.5 Å². The van der Waals surface area contributed by atoms with Gasteiger partial charge in [0, 0.05) is 6.42 Å². The van der Waals surface area contributed by atoms with Crippen LogP contribution in [0.4, 0.5) is 0 Å². The van der Waals surface area contributed by atoms with Gasteiger partial charge in [0.15, 0.2) is 0 Å². The van der Waals surface area contributed by atoms with Crippen LogP contribution >= 0.6 is 8.58 Å². The third-order valence-electron chi connectivity index (χ3n) is 2.88. The molecule has 0 aromatic carbocycles. The largest absolute Gasteiger partial charge is 0.469 e. The molecule has 0 bridgehead atoms. The van der Waals surface area contributed by atoms with Gasteiger partial charge >= 0.3 is 5.97 Å². The molecule has 0 amide bonds. The third-order valence-corrected chi connectivity index (χ3v) is 4.29. The number of hydrogen-bond acceptors (Lipinski definition) is 2. The fraction of sp³-hybridized carbons (Fsp3) is 0.938. The van der Waals surface area contributed by atoms with Crippen LogP contribution in [0.15, 0.2) is 0 Å². The van der Waals surface area contributed by atoms with Crippen LogP contribution in [0.3, 0.4) is 0 Å². The lowest BCUT2D eigenvalue weighted by Crippen LogP contribution is -1.98. The van der Waals surface area contributed by atoms with E-state index in [9.17, 15) is 4.79 Å². The average Bonchev–Trinajstić information content (AvgIpc) is 2.44. The molecular weight excluding hydrogens is 255 g/mol. The third kappa shape index (κ3) is 23.4. The van der Waals surface area contributed by atoms with Crippen LogP contribution in [0.25, 0.3) is 0 Å². The number of rotatable bonds is 11. The molecule has 0 aliphatic heterocycles. The van der Waals surface area contributed by atoms with Gasteiger partial charge in [0.05, 0.1) is 7.11 Å². The highest BCUT2D eigenvalue weighted by Crippen LogP contribution is 2.14. The topological polar surface area (TPSA) is 26.3 Å². The molecule has 0 spiro atoms. The van der Waals surface area contributed by atoms with Crippen molar-refractivity contribution in [3.8, 4) is 0 Å². The monoisotopic (exact) mass is 290 g/mol.